The number of hydrogen-bond donors (Lipinski definition) is 0. The van der Waals surface area contributed by atoms with E-state index < -0.39 is 0 Å². The summed E-state index contributed by atoms with van der Waals surface area (Å²) in [6.07, 6.45) is 0. The topological polar surface area (TPSA) is 62.4 Å². The second-order valence-electron chi connectivity index (χ2n) is 13.9. The van der Waals surface area contributed by atoms with Crippen molar-refractivity contribution in [1.82, 2.24) is 13.7 Å². The Morgan fingerprint density at radius 3 is 1.53 bits per heavy atom. The zero-order valence-electron chi connectivity index (χ0n) is 29.5. The lowest BCUT2D eigenvalue weighted by Gasteiger charge is -2.20. The molecule has 0 N–H and O–H groups in total. The lowest BCUT2D eigenvalue weighted by Crippen LogP contribution is -2.04. The molecule has 0 radical (unpaired) electrons. The largest absolute Gasteiger partial charge is 0.309 e. The number of benzene rings is 8. The Hall–Kier alpha value is -7.86. The van der Waals surface area contributed by atoms with E-state index in [0.29, 0.717) is 11.1 Å². The average Bonchev–Trinajstić information content (AvgIpc) is 3.89. The van der Waals surface area contributed by atoms with E-state index >= 15 is 0 Å². The molecule has 254 valence electrons. The van der Waals surface area contributed by atoms with Crippen LogP contribution in [0.4, 0.5) is 0 Å². The van der Waals surface area contributed by atoms with Gasteiger partial charge in [-0.1, -0.05) is 109 Å². The maximum Gasteiger partial charge on any atom is 0.0998 e. The van der Waals surface area contributed by atoms with Gasteiger partial charge in [-0.25, -0.2) is 0 Å². The van der Waals surface area contributed by atoms with Gasteiger partial charge < -0.3 is 13.7 Å². The van der Waals surface area contributed by atoms with E-state index in [0.717, 1.165) is 82.8 Å². The fourth-order valence-electron chi connectivity index (χ4n) is 8.90. The van der Waals surface area contributed by atoms with Crippen molar-refractivity contribution in [2.75, 3.05) is 0 Å². The van der Waals surface area contributed by atoms with Gasteiger partial charge in [-0.15, -0.1) is 0 Å². The molecule has 0 fully saturated rings. The third kappa shape index (κ3) is 4.33. The number of aromatic nitrogens is 3. The maximum atomic E-state index is 10.3. The molecule has 11 aromatic rings. The minimum absolute atomic E-state index is 0.575. The minimum atomic E-state index is 0.575. The zero-order valence-corrected chi connectivity index (χ0v) is 29.5. The smallest absolute Gasteiger partial charge is 0.0998 e. The Morgan fingerprint density at radius 1 is 0.345 bits per heavy atom. The first-order valence-electron chi connectivity index (χ1n) is 18.3. The second kappa shape index (κ2) is 11.8. The fourth-order valence-corrected chi connectivity index (χ4v) is 8.90. The van der Waals surface area contributed by atoms with Gasteiger partial charge in [0.1, 0.15) is 0 Å². The third-order valence-electron chi connectivity index (χ3n) is 11.1. The highest BCUT2D eigenvalue weighted by Crippen LogP contribution is 2.44. The molecular weight excluding hydrogens is 671 g/mol. The van der Waals surface area contributed by atoms with Crippen molar-refractivity contribution in [1.29, 1.82) is 10.5 Å². The molecule has 0 spiro atoms. The van der Waals surface area contributed by atoms with E-state index in [1.54, 1.807) is 0 Å². The Labute approximate surface area is 316 Å². The summed E-state index contributed by atoms with van der Waals surface area (Å²) in [7, 11) is 0. The normalized spacial score (nSPS) is 11.6. The van der Waals surface area contributed by atoms with Crippen LogP contribution >= 0.6 is 0 Å². The summed E-state index contributed by atoms with van der Waals surface area (Å²) in [4.78, 5) is 0. The Morgan fingerprint density at radius 2 is 0.836 bits per heavy atom. The highest BCUT2D eigenvalue weighted by Gasteiger charge is 2.24. The monoisotopic (exact) mass is 699 g/mol. The van der Waals surface area contributed by atoms with Crippen molar-refractivity contribution < 1.29 is 0 Å². The molecule has 0 bridgehead atoms. The summed E-state index contributed by atoms with van der Waals surface area (Å²) < 4.78 is 7.04. The van der Waals surface area contributed by atoms with Crippen LogP contribution in [0.25, 0.3) is 93.6 Å². The molecule has 0 aliphatic carbocycles. The van der Waals surface area contributed by atoms with E-state index in [-0.39, 0.29) is 0 Å². The van der Waals surface area contributed by atoms with E-state index in [1.807, 2.05) is 36.4 Å². The van der Waals surface area contributed by atoms with Crippen LogP contribution in [0.15, 0.2) is 176 Å². The van der Waals surface area contributed by atoms with Crippen molar-refractivity contribution in [3.05, 3.63) is 187 Å². The van der Waals surface area contributed by atoms with E-state index in [2.05, 4.69) is 165 Å². The maximum absolute atomic E-state index is 10.3. The summed E-state index contributed by atoms with van der Waals surface area (Å²) in [5.41, 5.74) is 12.5. The molecule has 0 amide bonds. The number of nitrogens with zero attached hydrogens (tertiary/aromatic N) is 5. The van der Waals surface area contributed by atoms with Gasteiger partial charge in [-0.3, -0.25) is 0 Å². The quantitative estimate of drug-likeness (QED) is 0.184. The van der Waals surface area contributed by atoms with Crippen LogP contribution in [-0.2, 0) is 0 Å². The van der Waals surface area contributed by atoms with Crippen LogP contribution in [0.3, 0.4) is 0 Å². The molecule has 0 saturated heterocycles. The van der Waals surface area contributed by atoms with Crippen molar-refractivity contribution in [3.8, 4) is 40.3 Å². The van der Waals surface area contributed by atoms with E-state index in [9.17, 15) is 10.5 Å². The number of rotatable bonds is 4. The van der Waals surface area contributed by atoms with Crippen molar-refractivity contribution in [2.45, 2.75) is 0 Å². The van der Waals surface area contributed by atoms with Gasteiger partial charge in [0.15, 0.2) is 0 Å². The van der Waals surface area contributed by atoms with Crippen molar-refractivity contribution >= 4 is 65.4 Å². The molecule has 55 heavy (non-hydrogen) atoms. The zero-order chi connectivity index (χ0) is 36.6. The molecule has 8 aromatic carbocycles. The van der Waals surface area contributed by atoms with Crippen LogP contribution in [0.1, 0.15) is 11.1 Å². The highest BCUT2D eigenvalue weighted by atomic mass is 15.1. The predicted molar refractivity (Wildman–Crippen MR) is 224 cm³/mol. The number of fused-ring (bicyclic) bond motifs is 9. The molecule has 0 saturated carbocycles. The van der Waals surface area contributed by atoms with Gasteiger partial charge in [0.25, 0.3) is 0 Å². The van der Waals surface area contributed by atoms with Crippen LogP contribution in [-0.4, -0.2) is 13.7 Å². The summed E-state index contributed by atoms with van der Waals surface area (Å²) >= 11 is 0. The van der Waals surface area contributed by atoms with E-state index in [1.165, 1.54) is 10.8 Å². The lowest BCUT2D eigenvalue weighted by molar-refractivity contribution is 1.13. The fraction of sp³-hybridized carbons (Fsp3) is 0. The summed E-state index contributed by atoms with van der Waals surface area (Å²) in [5, 5.41) is 27.2. The first kappa shape index (κ1) is 30.7. The highest BCUT2D eigenvalue weighted by molar-refractivity contribution is 6.16. The van der Waals surface area contributed by atoms with Gasteiger partial charge in [0.2, 0.25) is 0 Å². The molecule has 3 aromatic heterocycles. The molecule has 11 rings (SSSR count). The Bertz CT molecular complexity index is 3420. The van der Waals surface area contributed by atoms with Crippen LogP contribution in [0.2, 0.25) is 0 Å². The molecule has 3 heterocycles. The summed E-state index contributed by atoms with van der Waals surface area (Å²) in [6, 6.07) is 65.9. The SMILES string of the molecule is N#Cc1ccc(-n2c3ccccc3c3cccc(-n4c5ccccc5c5ccccc54)c32)c(-c2ccccc2-n2c3ccccc3c3c(C#N)cccc32)c1. The molecular formula is C50H29N5. The molecule has 0 atom stereocenters. The van der Waals surface area contributed by atoms with Gasteiger partial charge in [-0.2, -0.15) is 10.5 Å². The summed E-state index contributed by atoms with van der Waals surface area (Å²) in [6.45, 7) is 0. The van der Waals surface area contributed by atoms with Gasteiger partial charge in [0.05, 0.1) is 73.4 Å². The van der Waals surface area contributed by atoms with Gasteiger partial charge in [-0.05, 0) is 66.7 Å². The van der Waals surface area contributed by atoms with Crippen molar-refractivity contribution in [2.24, 2.45) is 0 Å². The number of nitriles is 2. The molecule has 5 heteroatoms. The predicted octanol–water partition coefficient (Wildman–Crippen LogP) is 12.4. The molecule has 0 aliphatic rings. The molecule has 5 nitrogen and oxygen atoms in total. The number of para-hydroxylation sites is 6. The third-order valence-corrected chi connectivity index (χ3v) is 11.1. The van der Waals surface area contributed by atoms with Gasteiger partial charge in [0, 0.05) is 43.4 Å². The van der Waals surface area contributed by atoms with Crippen LogP contribution in [0, 0.1) is 22.7 Å². The molecule has 0 unspecified atom stereocenters. The first-order valence-corrected chi connectivity index (χ1v) is 18.3. The Kier molecular flexibility index (Phi) is 6.61. The molecule has 0 aliphatic heterocycles. The minimum Gasteiger partial charge on any atom is -0.309 e. The van der Waals surface area contributed by atoms with Crippen LogP contribution < -0.4 is 0 Å². The van der Waals surface area contributed by atoms with Crippen molar-refractivity contribution in [3.63, 3.8) is 0 Å². The average molecular weight is 700 g/mol. The summed E-state index contributed by atoms with van der Waals surface area (Å²) in [5.74, 6) is 0. The Balaban J connectivity index is 1.27. The lowest BCUT2D eigenvalue weighted by atomic mass is 9.98. The van der Waals surface area contributed by atoms with Crippen LogP contribution in [0.5, 0.6) is 0 Å². The standard InChI is InChI=1S/C50H29N5/c51-30-32-27-28-46(40(29-32)37-17-4-8-22-43(37)53-45-24-10-5-18-39(45)49-33(31-52)13-11-25-47(49)53)55-44-23-9-3-16-36(44)38-19-12-26-48(50(38)55)54-41-20-6-1-14-34(41)35-15-2-7-21-42(35)54/h1-29H. The van der Waals surface area contributed by atoms with E-state index in [4.69, 9.17) is 0 Å². The number of hydrogen-bond acceptors (Lipinski definition) is 2. The van der Waals surface area contributed by atoms with Gasteiger partial charge >= 0.3 is 0 Å². The second-order valence-corrected chi connectivity index (χ2v) is 13.9. The first-order chi connectivity index (χ1) is 27.2.